The molecule has 1 saturated heterocycles. The van der Waals surface area contributed by atoms with E-state index in [0.717, 1.165) is 48.5 Å². The van der Waals surface area contributed by atoms with E-state index in [2.05, 4.69) is 25.1 Å². The number of nitrogens with one attached hydrogen (secondary N) is 1. The lowest BCUT2D eigenvalue weighted by molar-refractivity contribution is 0.412. The van der Waals surface area contributed by atoms with Gasteiger partial charge < -0.3 is 14.6 Å². The van der Waals surface area contributed by atoms with Gasteiger partial charge in [-0.05, 0) is 43.5 Å². The van der Waals surface area contributed by atoms with Crippen molar-refractivity contribution in [1.29, 1.82) is 0 Å². The van der Waals surface area contributed by atoms with Crippen molar-refractivity contribution in [1.82, 2.24) is 24.7 Å². The van der Waals surface area contributed by atoms with Crippen LogP contribution in [-0.4, -0.2) is 44.9 Å². The quantitative estimate of drug-likeness (QED) is 0.449. The van der Waals surface area contributed by atoms with Crippen molar-refractivity contribution in [3.05, 3.63) is 64.7 Å². The van der Waals surface area contributed by atoms with Gasteiger partial charge in [-0.1, -0.05) is 36.0 Å². The molecule has 1 fully saturated rings. The van der Waals surface area contributed by atoms with E-state index in [4.69, 9.17) is 4.74 Å². The third-order valence-electron chi connectivity index (χ3n) is 5.58. The Balaban J connectivity index is 1.51. The fourth-order valence-corrected chi connectivity index (χ4v) is 4.83. The average Bonchev–Trinajstić information content (AvgIpc) is 3.27. The summed E-state index contributed by atoms with van der Waals surface area (Å²) in [4.78, 5) is 22.2. The minimum Gasteiger partial charge on any atom is -0.495 e. The highest BCUT2D eigenvalue weighted by molar-refractivity contribution is 7.98. The van der Waals surface area contributed by atoms with E-state index in [9.17, 15) is 4.79 Å². The number of ether oxygens (including phenoxy) is 1. The molecule has 32 heavy (non-hydrogen) atoms. The van der Waals surface area contributed by atoms with Gasteiger partial charge in [-0.3, -0.25) is 9.36 Å². The molecule has 8 nitrogen and oxygen atoms in total. The molecule has 0 radical (unpaired) electrons. The van der Waals surface area contributed by atoms with Crippen molar-refractivity contribution in [3.63, 3.8) is 0 Å². The summed E-state index contributed by atoms with van der Waals surface area (Å²) in [6.45, 7) is 1.91. The molecule has 0 spiro atoms. The molecule has 2 aromatic heterocycles. The molecule has 1 N–H and O–H groups in total. The van der Waals surface area contributed by atoms with Gasteiger partial charge in [-0.25, -0.2) is 4.98 Å². The monoisotopic (exact) mass is 448 g/mol. The summed E-state index contributed by atoms with van der Waals surface area (Å²) < 4.78 is 7.68. The molecule has 0 saturated carbocycles. The minimum absolute atomic E-state index is 0.133. The van der Waals surface area contributed by atoms with Crippen LogP contribution in [0, 0.1) is 0 Å². The Hall–Kier alpha value is -3.33. The summed E-state index contributed by atoms with van der Waals surface area (Å²) in [5.74, 6) is 2.64. The van der Waals surface area contributed by atoms with Crippen molar-refractivity contribution >= 4 is 28.6 Å². The average molecular weight is 449 g/mol. The first-order valence-electron chi connectivity index (χ1n) is 10.7. The second-order valence-corrected chi connectivity index (χ2v) is 8.60. The standard InChI is InChI=1S/C23H24N6O2S/c1-31-19-12-6-5-11-18(19)29-22(28-13-7-2-8-14-28)26-27-23(29)32-15-20-24-17-10-4-3-9-16(17)21(30)25-20/h3-6,9-12H,2,7-8,13-15H2,1H3,(H,24,25,30). The van der Waals surface area contributed by atoms with Crippen LogP contribution in [0.25, 0.3) is 16.6 Å². The zero-order valence-electron chi connectivity index (χ0n) is 17.8. The molecule has 0 aliphatic carbocycles. The first kappa shape index (κ1) is 20.6. The lowest BCUT2D eigenvalue weighted by atomic mass is 10.1. The van der Waals surface area contributed by atoms with E-state index in [1.165, 1.54) is 18.2 Å². The minimum atomic E-state index is -0.133. The van der Waals surface area contributed by atoms with Crippen LogP contribution in [-0.2, 0) is 5.75 Å². The highest BCUT2D eigenvalue weighted by Gasteiger charge is 2.23. The Morgan fingerprint density at radius 3 is 2.66 bits per heavy atom. The number of aromatic amines is 1. The van der Waals surface area contributed by atoms with E-state index in [0.29, 0.717) is 22.5 Å². The molecular weight excluding hydrogens is 424 g/mol. The van der Waals surface area contributed by atoms with Crippen LogP contribution >= 0.6 is 11.8 Å². The molecule has 0 unspecified atom stereocenters. The number of piperidine rings is 1. The third kappa shape index (κ3) is 3.95. The highest BCUT2D eigenvalue weighted by Crippen LogP contribution is 2.33. The molecule has 4 aromatic rings. The van der Waals surface area contributed by atoms with Crippen LogP contribution in [0.5, 0.6) is 5.75 Å². The zero-order chi connectivity index (χ0) is 21.9. The Morgan fingerprint density at radius 1 is 1.03 bits per heavy atom. The number of fused-ring (bicyclic) bond motifs is 1. The van der Waals surface area contributed by atoms with Crippen molar-refractivity contribution < 1.29 is 4.74 Å². The van der Waals surface area contributed by atoms with E-state index in [-0.39, 0.29) is 5.56 Å². The first-order chi connectivity index (χ1) is 15.7. The number of aromatic nitrogens is 5. The maximum absolute atomic E-state index is 12.4. The molecule has 1 aliphatic rings. The topological polar surface area (TPSA) is 88.9 Å². The summed E-state index contributed by atoms with van der Waals surface area (Å²) in [5.41, 5.74) is 1.45. The normalized spacial score (nSPS) is 14.1. The molecule has 0 atom stereocenters. The molecule has 5 rings (SSSR count). The number of hydrogen-bond acceptors (Lipinski definition) is 7. The third-order valence-corrected chi connectivity index (χ3v) is 6.52. The molecule has 2 aromatic carbocycles. The lowest BCUT2D eigenvalue weighted by Crippen LogP contribution is -2.31. The van der Waals surface area contributed by atoms with Gasteiger partial charge in [0, 0.05) is 13.1 Å². The lowest BCUT2D eigenvalue weighted by Gasteiger charge is -2.28. The first-order valence-corrected chi connectivity index (χ1v) is 11.7. The summed E-state index contributed by atoms with van der Waals surface area (Å²) in [5, 5.41) is 10.4. The maximum atomic E-state index is 12.4. The number of H-pyrrole nitrogens is 1. The summed E-state index contributed by atoms with van der Waals surface area (Å²) >= 11 is 1.49. The van der Waals surface area contributed by atoms with Crippen molar-refractivity contribution in [2.45, 2.75) is 30.2 Å². The van der Waals surface area contributed by atoms with E-state index < -0.39 is 0 Å². The molecule has 0 amide bonds. The van der Waals surface area contributed by atoms with Gasteiger partial charge in [0.15, 0.2) is 5.16 Å². The Bertz CT molecular complexity index is 1300. The summed E-state index contributed by atoms with van der Waals surface area (Å²) in [6.07, 6.45) is 3.52. The Morgan fingerprint density at radius 2 is 1.81 bits per heavy atom. The highest BCUT2D eigenvalue weighted by atomic mass is 32.2. The number of para-hydroxylation sites is 3. The van der Waals surface area contributed by atoms with E-state index in [1.807, 2.05) is 47.0 Å². The van der Waals surface area contributed by atoms with Crippen molar-refractivity contribution in [2.75, 3.05) is 25.1 Å². The van der Waals surface area contributed by atoms with Crippen LogP contribution in [0.1, 0.15) is 25.1 Å². The van der Waals surface area contributed by atoms with Gasteiger partial charge in [0.2, 0.25) is 5.95 Å². The number of hydrogen-bond donors (Lipinski definition) is 1. The number of methoxy groups -OCH3 is 1. The molecule has 164 valence electrons. The summed E-state index contributed by atoms with van der Waals surface area (Å²) in [7, 11) is 1.67. The number of thioether (sulfide) groups is 1. The predicted octanol–water partition coefficient (Wildman–Crippen LogP) is 3.80. The van der Waals surface area contributed by atoms with Crippen LogP contribution in [0.15, 0.2) is 58.5 Å². The molecular formula is C23H24N6O2S. The van der Waals surface area contributed by atoms with E-state index >= 15 is 0 Å². The largest absolute Gasteiger partial charge is 0.495 e. The van der Waals surface area contributed by atoms with Gasteiger partial charge >= 0.3 is 0 Å². The van der Waals surface area contributed by atoms with Crippen LogP contribution in [0.2, 0.25) is 0 Å². The fraction of sp³-hybridized carbons (Fsp3) is 0.304. The molecule has 9 heteroatoms. The van der Waals surface area contributed by atoms with Gasteiger partial charge in [-0.2, -0.15) is 0 Å². The van der Waals surface area contributed by atoms with Crippen LogP contribution < -0.4 is 15.2 Å². The number of rotatable bonds is 6. The fourth-order valence-electron chi connectivity index (χ4n) is 4.02. The Kier molecular flexibility index (Phi) is 5.81. The number of benzene rings is 2. The van der Waals surface area contributed by atoms with Crippen molar-refractivity contribution in [2.24, 2.45) is 0 Å². The smallest absolute Gasteiger partial charge is 0.258 e. The second kappa shape index (κ2) is 9.04. The Labute approximate surface area is 189 Å². The van der Waals surface area contributed by atoms with Gasteiger partial charge in [-0.15, -0.1) is 10.2 Å². The zero-order valence-corrected chi connectivity index (χ0v) is 18.6. The van der Waals surface area contributed by atoms with Gasteiger partial charge in [0.25, 0.3) is 5.56 Å². The van der Waals surface area contributed by atoms with Gasteiger partial charge in [0.1, 0.15) is 11.6 Å². The second-order valence-electron chi connectivity index (χ2n) is 7.66. The number of nitrogens with zero attached hydrogens (tertiary/aromatic N) is 5. The molecule has 3 heterocycles. The number of anilines is 1. The molecule has 0 bridgehead atoms. The SMILES string of the molecule is COc1ccccc1-n1c(SCc2nc3ccccc3c(=O)[nH]2)nnc1N1CCCCC1. The summed E-state index contributed by atoms with van der Waals surface area (Å²) in [6, 6.07) is 15.2. The van der Waals surface area contributed by atoms with Crippen LogP contribution in [0.4, 0.5) is 5.95 Å². The van der Waals surface area contributed by atoms with Crippen LogP contribution in [0.3, 0.4) is 0 Å². The van der Waals surface area contributed by atoms with Gasteiger partial charge in [0.05, 0.1) is 29.5 Å². The predicted molar refractivity (Wildman–Crippen MR) is 126 cm³/mol. The molecule has 1 aliphatic heterocycles. The van der Waals surface area contributed by atoms with Crippen molar-refractivity contribution in [3.8, 4) is 11.4 Å². The maximum Gasteiger partial charge on any atom is 0.258 e. The van der Waals surface area contributed by atoms with E-state index in [1.54, 1.807) is 13.2 Å².